The number of aromatic nitrogens is 2. The fourth-order valence-electron chi connectivity index (χ4n) is 2.07. The number of nitrogens with one attached hydrogen (secondary N) is 1. The van der Waals surface area contributed by atoms with E-state index in [0.29, 0.717) is 0 Å². The van der Waals surface area contributed by atoms with Gasteiger partial charge in [0.25, 0.3) is 0 Å². The van der Waals surface area contributed by atoms with Gasteiger partial charge >= 0.3 is 0 Å². The van der Waals surface area contributed by atoms with E-state index in [0.717, 1.165) is 30.8 Å². The Morgan fingerprint density at radius 3 is 2.85 bits per heavy atom. The van der Waals surface area contributed by atoms with E-state index in [4.69, 9.17) is 4.74 Å². The molecule has 0 fully saturated rings. The van der Waals surface area contributed by atoms with Gasteiger partial charge in [-0.25, -0.2) is 0 Å². The SMILES string of the molecule is CCCOc1cncc(C(Cc2cccnc2)NC)c1. The van der Waals surface area contributed by atoms with Gasteiger partial charge in [0.2, 0.25) is 0 Å². The van der Waals surface area contributed by atoms with Gasteiger partial charge in [0, 0.05) is 24.6 Å². The van der Waals surface area contributed by atoms with Crippen LogP contribution < -0.4 is 10.1 Å². The highest BCUT2D eigenvalue weighted by molar-refractivity contribution is 5.27. The fourth-order valence-corrected chi connectivity index (χ4v) is 2.07. The molecule has 0 aliphatic heterocycles. The summed E-state index contributed by atoms with van der Waals surface area (Å²) in [5.74, 6) is 0.829. The van der Waals surface area contributed by atoms with Crippen LogP contribution in [-0.2, 0) is 6.42 Å². The molecule has 20 heavy (non-hydrogen) atoms. The lowest BCUT2D eigenvalue weighted by Crippen LogP contribution is -2.19. The molecular weight excluding hydrogens is 250 g/mol. The van der Waals surface area contributed by atoms with Crippen LogP contribution >= 0.6 is 0 Å². The molecule has 0 radical (unpaired) electrons. The molecule has 0 bridgehead atoms. The molecule has 0 saturated carbocycles. The van der Waals surface area contributed by atoms with Crippen molar-refractivity contribution in [3.63, 3.8) is 0 Å². The van der Waals surface area contributed by atoms with Crippen LogP contribution in [0.1, 0.15) is 30.5 Å². The van der Waals surface area contributed by atoms with E-state index < -0.39 is 0 Å². The lowest BCUT2D eigenvalue weighted by Gasteiger charge is -2.17. The molecule has 0 spiro atoms. The monoisotopic (exact) mass is 271 g/mol. The standard InChI is InChI=1S/C16H21N3O/c1-3-7-20-15-9-14(11-19-12-15)16(17-2)8-13-5-4-6-18-10-13/h4-6,9-12,16-17H,3,7-8H2,1-2H3. The molecule has 2 aromatic heterocycles. The predicted molar refractivity (Wildman–Crippen MR) is 79.8 cm³/mol. The van der Waals surface area contributed by atoms with E-state index in [-0.39, 0.29) is 6.04 Å². The van der Waals surface area contributed by atoms with E-state index >= 15 is 0 Å². The van der Waals surface area contributed by atoms with E-state index in [1.807, 2.05) is 25.5 Å². The number of likely N-dealkylation sites (N-methyl/N-ethyl adjacent to an activating group) is 1. The van der Waals surface area contributed by atoms with Gasteiger partial charge in [-0.2, -0.15) is 0 Å². The first-order valence-electron chi connectivity index (χ1n) is 6.97. The number of rotatable bonds is 7. The van der Waals surface area contributed by atoms with Gasteiger partial charge in [0.05, 0.1) is 12.8 Å². The van der Waals surface area contributed by atoms with Gasteiger partial charge < -0.3 is 10.1 Å². The van der Waals surface area contributed by atoms with Gasteiger partial charge in [0.15, 0.2) is 0 Å². The van der Waals surface area contributed by atoms with Crippen molar-refractivity contribution in [1.82, 2.24) is 15.3 Å². The molecule has 0 aliphatic carbocycles. The molecule has 106 valence electrons. The van der Waals surface area contributed by atoms with Gasteiger partial charge in [-0.3, -0.25) is 9.97 Å². The number of nitrogens with zero attached hydrogens (tertiary/aromatic N) is 2. The maximum absolute atomic E-state index is 5.64. The Hall–Kier alpha value is -1.94. The summed E-state index contributed by atoms with van der Waals surface area (Å²) in [6.07, 6.45) is 9.21. The summed E-state index contributed by atoms with van der Waals surface area (Å²) in [6.45, 7) is 2.81. The Labute approximate surface area is 120 Å². The van der Waals surface area contributed by atoms with Crippen LogP contribution in [0.5, 0.6) is 5.75 Å². The van der Waals surface area contributed by atoms with Gasteiger partial charge in [-0.15, -0.1) is 0 Å². The zero-order chi connectivity index (χ0) is 14.2. The van der Waals surface area contributed by atoms with Crippen LogP contribution in [0.25, 0.3) is 0 Å². The smallest absolute Gasteiger partial charge is 0.137 e. The quantitative estimate of drug-likeness (QED) is 0.841. The molecule has 2 rings (SSSR count). The van der Waals surface area contributed by atoms with Crippen LogP contribution in [0.2, 0.25) is 0 Å². The first-order chi connectivity index (χ1) is 9.83. The Bertz CT molecular complexity index is 516. The van der Waals surface area contributed by atoms with Gasteiger partial charge in [0.1, 0.15) is 5.75 Å². The maximum Gasteiger partial charge on any atom is 0.137 e. The van der Waals surface area contributed by atoms with E-state index in [1.54, 1.807) is 12.4 Å². The van der Waals surface area contributed by atoms with Crippen LogP contribution in [-0.4, -0.2) is 23.6 Å². The summed E-state index contributed by atoms with van der Waals surface area (Å²) < 4.78 is 5.64. The summed E-state index contributed by atoms with van der Waals surface area (Å²) in [4.78, 5) is 8.42. The van der Waals surface area contributed by atoms with Crippen LogP contribution in [0.15, 0.2) is 43.0 Å². The highest BCUT2D eigenvalue weighted by Gasteiger charge is 2.11. The lowest BCUT2D eigenvalue weighted by molar-refractivity contribution is 0.315. The maximum atomic E-state index is 5.64. The normalized spacial score (nSPS) is 12.1. The Kier molecular flexibility index (Phi) is 5.50. The Morgan fingerprint density at radius 1 is 1.25 bits per heavy atom. The topological polar surface area (TPSA) is 47.0 Å². The van der Waals surface area contributed by atoms with Crippen LogP contribution in [0.3, 0.4) is 0 Å². The lowest BCUT2D eigenvalue weighted by atomic mass is 10.0. The minimum Gasteiger partial charge on any atom is -0.492 e. The van der Waals surface area contributed by atoms with Crippen molar-refractivity contribution >= 4 is 0 Å². The third-order valence-electron chi connectivity index (χ3n) is 3.12. The molecule has 1 unspecified atom stereocenters. The second-order valence-corrected chi connectivity index (χ2v) is 4.71. The third kappa shape index (κ3) is 4.03. The second-order valence-electron chi connectivity index (χ2n) is 4.71. The second kappa shape index (κ2) is 7.60. The van der Waals surface area contributed by atoms with Crippen molar-refractivity contribution in [2.75, 3.05) is 13.7 Å². The van der Waals surface area contributed by atoms with Gasteiger partial charge in [-0.1, -0.05) is 13.0 Å². The van der Waals surface area contributed by atoms with E-state index in [1.165, 1.54) is 5.56 Å². The Morgan fingerprint density at radius 2 is 2.15 bits per heavy atom. The molecule has 4 heteroatoms. The molecule has 2 heterocycles. The van der Waals surface area contributed by atoms with Gasteiger partial charge in [-0.05, 0) is 43.1 Å². The fraction of sp³-hybridized carbons (Fsp3) is 0.375. The van der Waals surface area contributed by atoms with Crippen molar-refractivity contribution in [3.8, 4) is 5.75 Å². The zero-order valence-corrected chi connectivity index (χ0v) is 12.0. The molecular formula is C16H21N3O. The van der Waals surface area contributed by atoms with E-state index in [9.17, 15) is 0 Å². The molecule has 4 nitrogen and oxygen atoms in total. The minimum atomic E-state index is 0.205. The molecule has 0 saturated heterocycles. The Balaban J connectivity index is 2.10. The third-order valence-corrected chi connectivity index (χ3v) is 3.12. The number of hydrogen-bond acceptors (Lipinski definition) is 4. The average molecular weight is 271 g/mol. The van der Waals surface area contributed by atoms with Crippen LogP contribution in [0, 0.1) is 0 Å². The summed E-state index contributed by atoms with van der Waals surface area (Å²) in [6, 6.07) is 6.31. The highest BCUT2D eigenvalue weighted by atomic mass is 16.5. The van der Waals surface area contributed by atoms with Crippen molar-refractivity contribution in [2.45, 2.75) is 25.8 Å². The average Bonchev–Trinajstić information content (AvgIpc) is 2.52. The molecule has 2 aromatic rings. The summed E-state index contributed by atoms with van der Waals surface area (Å²) in [5, 5.41) is 3.33. The van der Waals surface area contributed by atoms with Crippen molar-refractivity contribution in [1.29, 1.82) is 0 Å². The number of pyridine rings is 2. The van der Waals surface area contributed by atoms with E-state index in [2.05, 4.69) is 34.3 Å². The zero-order valence-electron chi connectivity index (χ0n) is 12.0. The predicted octanol–water partition coefficient (Wildman–Crippen LogP) is 2.77. The molecule has 0 aromatic carbocycles. The summed E-state index contributed by atoms with van der Waals surface area (Å²) in [7, 11) is 1.96. The number of ether oxygens (including phenoxy) is 1. The first kappa shape index (κ1) is 14.5. The van der Waals surface area contributed by atoms with Crippen molar-refractivity contribution in [3.05, 3.63) is 54.1 Å². The molecule has 1 atom stereocenters. The molecule has 0 aliphatic rings. The number of hydrogen-bond donors (Lipinski definition) is 1. The van der Waals surface area contributed by atoms with Crippen molar-refractivity contribution < 1.29 is 4.74 Å². The molecule has 1 N–H and O–H groups in total. The molecule has 0 amide bonds. The highest BCUT2D eigenvalue weighted by Crippen LogP contribution is 2.21. The minimum absolute atomic E-state index is 0.205. The first-order valence-corrected chi connectivity index (χ1v) is 6.97. The summed E-state index contributed by atoms with van der Waals surface area (Å²) in [5.41, 5.74) is 2.33. The van der Waals surface area contributed by atoms with Crippen molar-refractivity contribution in [2.24, 2.45) is 0 Å². The largest absolute Gasteiger partial charge is 0.492 e. The summed E-state index contributed by atoms with van der Waals surface area (Å²) >= 11 is 0. The van der Waals surface area contributed by atoms with Crippen LogP contribution in [0.4, 0.5) is 0 Å².